The zero-order valence-electron chi connectivity index (χ0n) is 11.2. The van der Waals surface area contributed by atoms with Crippen LogP contribution >= 0.6 is 0 Å². The Morgan fingerprint density at radius 1 is 1.12 bits per heavy atom. The van der Waals surface area contributed by atoms with Gasteiger partial charge in [0.2, 0.25) is 0 Å². The van der Waals surface area contributed by atoms with Crippen molar-refractivity contribution in [3.63, 3.8) is 0 Å². The molecule has 0 aliphatic heterocycles. The van der Waals surface area contributed by atoms with Gasteiger partial charge < -0.3 is 5.11 Å². The molecule has 2 heteroatoms. The van der Waals surface area contributed by atoms with E-state index in [4.69, 9.17) is 0 Å². The SMILES string of the molecule is CCC(O)NC(CC)C1CCCCCC1C. The summed E-state index contributed by atoms with van der Waals surface area (Å²) in [6, 6.07) is 0.503. The minimum Gasteiger partial charge on any atom is -0.379 e. The average molecular weight is 227 g/mol. The minimum atomic E-state index is -0.319. The van der Waals surface area contributed by atoms with Crippen LogP contribution in [0.5, 0.6) is 0 Å². The van der Waals surface area contributed by atoms with Gasteiger partial charge in [0.1, 0.15) is 6.23 Å². The van der Waals surface area contributed by atoms with Crippen molar-refractivity contribution in [3.8, 4) is 0 Å². The lowest BCUT2D eigenvalue weighted by Gasteiger charge is -2.32. The van der Waals surface area contributed by atoms with Crippen LogP contribution in [0.1, 0.15) is 65.7 Å². The molecule has 0 radical (unpaired) electrons. The van der Waals surface area contributed by atoms with Gasteiger partial charge in [-0.05, 0) is 31.1 Å². The second kappa shape index (κ2) is 7.29. The van der Waals surface area contributed by atoms with E-state index in [0.29, 0.717) is 6.04 Å². The summed E-state index contributed by atoms with van der Waals surface area (Å²) in [4.78, 5) is 0. The monoisotopic (exact) mass is 227 g/mol. The van der Waals surface area contributed by atoms with Crippen molar-refractivity contribution in [1.29, 1.82) is 0 Å². The molecule has 4 unspecified atom stereocenters. The summed E-state index contributed by atoms with van der Waals surface area (Å²) in [6.45, 7) is 6.65. The van der Waals surface area contributed by atoms with E-state index in [-0.39, 0.29) is 6.23 Å². The van der Waals surface area contributed by atoms with Gasteiger partial charge in [-0.3, -0.25) is 5.32 Å². The highest BCUT2D eigenvalue weighted by atomic mass is 16.3. The predicted octanol–water partition coefficient (Wildman–Crippen LogP) is 3.30. The molecule has 1 aliphatic rings. The lowest BCUT2D eigenvalue weighted by molar-refractivity contribution is 0.0918. The molecule has 2 nitrogen and oxygen atoms in total. The number of rotatable bonds is 5. The third-order valence-electron chi connectivity index (χ3n) is 4.18. The Labute approximate surface area is 101 Å². The molecule has 0 heterocycles. The Balaban J connectivity index is 2.54. The van der Waals surface area contributed by atoms with Gasteiger partial charge in [-0.2, -0.15) is 0 Å². The molecule has 0 bridgehead atoms. The highest BCUT2D eigenvalue weighted by molar-refractivity contribution is 4.82. The molecule has 0 amide bonds. The molecular formula is C14H29NO. The second-order valence-corrected chi connectivity index (χ2v) is 5.38. The van der Waals surface area contributed by atoms with Gasteiger partial charge in [-0.1, -0.05) is 46.5 Å². The number of aliphatic hydroxyl groups excluding tert-OH is 1. The normalized spacial score (nSPS) is 30.8. The molecule has 96 valence electrons. The van der Waals surface area contributed by atoms with E-state index in [1.165, 1.54) is 32.1 Å². The molecule has 0 aromatic rings. The number of hydrogen-bond acceptors (Lipinski definition) is 2. The van der Waals surface area contributed by atoms with Crippen molar-refractivity contribution in [2.45, 2.75) is 78.0 Å². The molecule has 1 aliphatic carbocycles. The van der Waals surface area contributed by atoms with Crippen molar-refractivity contribution < 1.29 is 5.11 Å². The van der Waals surface area contributed by atoms with Crippen LogP contribution in [0, 0.1) is 11.8 Å². The molecule has 0 spiro atoms. The van der Waals surface area contributed by atoms with Crippen molar-refractivity contribution in [2.24, 2.45) is 11.8 Å². The molecule has 0 aromatic heterocycles. The number of hydrogen-bond donors (Lipinski definition) is 2. The average Bonchev–Trinajstić information content (AvgIpc) is 2.50. The molecule has 1 fully saturated rings. The first-order chi connectivity index (χ1) is 7.69. The van der Waals surface area contributed by atoms with E-state index in [9.17, 15) is 5.11 Å². The standard InChI is InChI=1S/C14H29NO/c1-4-13(15-14(16)5-2)12-10-8-6-7-9-11(12)3/h11-16H,4-10H2,1-3H3. The van der Waals surface area contributed by atoms with Crippen LogP contribution in [0.15, 0.2) is 0 Å². The van der Waals surface area contributed by atoms with Gasteiger partial charge in [0.25, 0.3) is 0 Å². The van der Waals surface area contributed by atoms with E-state index in [2.05, 4.69) is 19.2 Å². The van der Waals surface area contributed by atoms with E-state index in [1.54, 1.807) is 0 Å². The fourth-order valence-corrected chi connectivity index (χ4v) is 3.03. The highest BCUT2D eigenvalue weighted by Gasteiger charge is 2.27. The number of aliphatic hydroxyl groups is 1. The Hall–Kier alpha value is -0.0800. The van der Waals surface area contributed by atoms with Gasteiger partial charge in [0.15, 0.2) is 0 Å². The lowest BCUT2D eigenvalue weighted by Crippen LogP contribution is -2.44. The molecular weight excluding hydrogens is 198 g/mol. The number of nitrogens with one attached hydrogen (secondary N) is 1. The molecule has 1 saturated carbocycles. The second-order valence-electron chi connectivity index (χ2n) is 5.38. The van der Waals surface area contributed by atoms with Gasteiger partial charge >= 0.3 is 0 Å². The van der Waals surface area contributed by atoms with Gasteiger partial charge in [-0.15, -0.1) is 0 Å². The lowest BCUT2D eigenvalue weighted by atomic mass is 9.82. The highest BCUT2D eigenvalue weighted by Crippen LogP contribution is 2.32. The summed E-state index contributed by atoms with van der Waals surface area (Å²) in [5.41, 5.74) is 0. The van der Waals surface area contributed by atoms with E-state index in [1.807, 2.05) is 6.92 Å². The predicted molar refractivity (Wildman–Crippen MR) is 69.3 cm³/mol. The summed E-state index contributed by atoms with van der Waals surface area (Å²) in [5, 5.41) is 13.1. The van der Waals surface area contributed by atoms with Crippen LogP contribution in [0.4, 0.5) is 0 Å². The van der Waals surface area contributed by atoms with Gasteiger partial charge in [-0.25, -0.2) is 0 Å². The summed E-state index contributed by atoms with van der Waals surface area (Å²) in [6.07, 6.45) is 8.48. The molecule has 0 aromatic carbocycles. The largest absolute Gasteiger partial charge is 0.379 e. The quantitative estimate of drug-likeness (QED) is 0.558. The van der Waals surface area contributed by atoms with E-state index in [0.717, 1.165) is 24.7 Å². The molecule has 0 saturated heterocycles. The summed E-state index contributed by atoms with van der Waals surface area (Å²) in [5.74, 6) is 1.57. The van der Waals surface area contributed by atoms with E-state index >= 15 is 0 Å². The van der Waals surface area contributed by atoms with Crippen LogP contribution in [-0.4, -0.2) is 17.4 Å². The fraction of sp³-hybridized carbons (Fsp3) is 1.00. The Morgan fingerprint density at radius 3 is 2.44 bits per heavy atom. The third-order valence-corrected chi connectivity index (χ3v) is 4.18. The van der Waals surface area contributed by atoms with E-state index < -0.39 is 0 Å². The fourth-order valence-electron chi connectivity index (χ4n) is 3.03. The maximum absolute atomic E-state index is 9.74. The van der Waals surface area contributed by atoms with Crippen molar-refractivity contribution >= 4 is 0 Å². The Morgan fingerprint density at radius 2 is 1.81 bits per heavy atom. The topological polar surface area (TPSA) is 32.3 Å². The summed E-state index contributed by atoms with van der Waals surface area (Å²) < 4.78 is 0. The minimum absolute atomic E-state index is 0.319. The van der Waals surface area contributed by atoms with Crippen molar-refractivity contribution in [2.75, 3.05) is 0 Å². The molecule has 1 rings (SSSR count). The molecule has 16 heavy (non-hydrogen) atoms. The van der Waals surface area contributed by atoms with Crippen molar-refractivity contribution in [1.82, 2.24) is 5.32 Å². The molecule has 4 atom stereocenters. The van der Waals surface area contributed by atoms with Crippen LogP contribution < -0.4 is 5.32 Å². The third kappa shape index (κ3) is 4.06. The zero-order chi connectivity index (χ0) is 12.0. The van der Waals surface area contributed by atoms with Crippen LogP contribution in [0.2, 0.25) is 0 Å². The van der Waals surface area contributed by atoms with Crippen LogP contribution in [0.25, 0.3) is 0 Å². The Bertz CT molecular complexity index is 184. The van der Waals surface area contributed by atoms with Gasteiger partial charge in [0, 0.05) is 6.04 Å². The maximum Gasteiger partial charge on any atom is 0.104 e. The zero-order valence-corrected chi connectivity index (χ0v) is 11.2. The molecule has 2 N–H and O–H groups in total. The first kappa shape index (κ1) is 14.0. The summed E-state index contributed by atoms with van der Waals surface area (Å²) in [7, 11) is 0. The first-order valence-corrected chi connectivity index (χ1v) is 7.13. The maximum atomic E-state index is 9.74. The smallest absolute Gasteiger partial charge is 0.104 e. The summed E-state index contributed by atoms with van der Waals surface area (Å²) >= 11 is 0. The van der Waals surface area contributed by atoms with Crippen molar-refractivity contribution in [3.05, 3.63) is 0 Å². The van der Waals surface area contributed by atoms with Gasteiger partial charge in [0.05, 0.1) is 0 Å². The Kier molecular flexibility index (Phi) is 6.37. The van der Waals surface area contributed by atoms with Crippen LogP contribution in [0.3, 0.4) is 0 Å². The van der Waals surface area contributed by atoms with Crippen LogP contribution in [-0.2, 0) is 0 Å². The first-order valence-electron chi connectivity index (χ1n) is 7.13.